The van der Waals surface area contributed by atoms with E-state index < -0.39 is 23.8 Å². The van der Waals surface area contributed by atoms with Crippen LogP contribution in [0.3, 0.4) is 0 Å². The lowest BCUT2D eigenvalue weighted by molar-refractivity contribution is -0.169. The second-order valence-corrected chi connectivity index (χ2v) is 15.6. The lowest BCUT2D eigenvalue weighted by Gasteiger charge is -2.35. The molecule has 0 saturated heterocycles. The highest BCUT2D eigenvalue weighted by atomic mass is 35.5. The molecule has 3 aromatic heterocycles. The van der Waals surface area contributed by atoms with Crippen LogP contribution in [0.25, 0.3) is 10.9 Å². The van der Waals surface area contributed by atoms with Crippen LogP contribution in [0.5, 0.6) is 11.5 Å². The normalized spacial score (nSPS) is 16.5. The number of H-pyrrole nitrogens is 1. The topological polar surface area (TPSA) is 183 Å². The predicted octanol–water partition coefficient (Wildman–Crippen LogP) is 6.11. The second-order valence-electron chi connectivity index (χ2n) is 13.3. The zero-order chi connectivity index (χ0) is 39.1. The van der Waals surface area contributed by atoms with Crippen molar-refractivity contribution in [3.63, 3.8) is 0 Å². The van der Waals surface area contributed by atoms with Gasteiger partial charge in [-0.25, -0.2) is 9.59 Å². The smallest absolute Gasteiger partial charge is 0.411 e. The number of aromatic amines is 1. The maximum Gasteiger partial charge on any atom is 0.411 e. The van der Waals surface area contributed by atoms with Crippen molar-refractivity contribution in [1.29, 1.82) is 0 Å². The molecule has 0 unspecified atom stereocenters. The molecule has 2 aromatic carbocycles. The number of halogens is 1. The van der Waals surface area contributed by atoms with Gasteiger partial charge in [0.15, 0.2) is 0 Å². The number of aliphatic hydroxyl groups is 2. The van der Waals surface area contributed by atoms with Crippen molar-refractivity contribution in [2.24, 2.45) is 0 Å². The molecule has 1 amide bonds. The molecule has 3 heterocycles. The molecule has 6 N–H and O–H groups in total. The number of hydrogen-bond donors (Lipinski definition) is 6. The molecule has 6 rings (SSSR count). The number of phenolic OH excluding ortho intramolecular Hbond substituents is 1. The molecular formula is C39H43ClN4O9S2. The third-order valence-corrected chi connectivity index (χ3v) is 12.1. The summed E-state index contributed by atoms with van der Waals surface area (Å²) in [6, 6.07) is 16.5. The largest absolute Gasteiger partial charge is 0.506 e. The molecular weight excluding hydrogens is 768 g/mol. The lowest BCUT2D eigenvalue weighted by Crippen LogP contribution is -2.42. The van der Waals surface area contributed by atoms with Gasteiger partial charge in [0, 0.05) is 48.8 Å². The molecule has 0 spiro atoms. The van der Waals surface area contributed by atoms with Gasteiger partial charge in [-0.05, 0) is 79.4 Å². The van der Waals surface area contributed by atoms with Crippen molar-refractivity contribution in [2.45, 2.75) is 56.1 Å². The van der Waals surface area contributed by atoms with E-state index in [1.807, 2.05) is 17.8 Å². The highest BCUT2D eigenvalue weighted by Crippen LogP contribution is 2.38. The number of aliphatic hydroxyl groups excluding tert-OH is 1. The molecule has 292 valence electrons. The third-order valence-electron chi connectivity index (χ3n) is 9.79. The molecule has 1 saturated carbocycles. The molecule has 5 aromatic rings. The minimum absolute atomic E-state index is 0.0896. The highest BCUT2D eigenvalue weighted by Gasteiger charge is 2.45. The van der Waals surface area contributed by atoms with E-state index in [2.05, 4.69) is 20.5 Å². The molecule has 55 heavy (non-hydrogen) atoms. The maximum absolute atomic E-state index is 13.3. The second kappa shape index (κ2) is 18.0. The van der Waals surface area contributed by atoms with Crippen molar-refractivity contribution >= 4 is 62.9 Å². The first-order valence-corrected chi connectivity index (χ1v) is 19.9. The Kier molecular flexibility index (Phi) is 13.1. The van der Waals surface area contributed by atoms with E-state index >= 15 is 0 Å². The highest BCUT2D eigenvalue weighted by molar-refractivity contribution is 7.12. The number of fused-ring (bicyclic) bond motifs is 1. The number of rotatable bonds is 15. The van der Waals surface area contributed by atoms with Crippen molar-refractivity contribution in [2.75, 3.05) is 39.2 Å². The third kappa shape index (κ3) is 9.32. The number of nitrogens with one attached hydrogen (secondary N) is 3. The van der Waals surface area contributed by atoms with Crippen molar-refractivity contribution in [3.05, 3.63) is 108 Å². The average Bonchev–Trinajstić information content (AvgIpc) is 3.93. The minimum atomic E-state index is -1.83. The van der Waals surface area contributed by atoms with E-state index in [4.69, 9.17) is 25.8 Å². The Labute approximate surface area is 330 Å². The van der Waals surface area contributed by atoms with Crippen LogP contribution >= 0.6 is 34.3 Å². The molecule has 0 radical (unpaired) electrons. The number of benzene rings is 2. The first-order valence-electron chi connectivity index (χ1n) is 17.7. The van der Waals surface area contributed by atoms with E-state index in [0.717, 1.165) is 12.8 Å². The van der Waals surface area contributed by atoms with Gasteiger partial charge in [0.1, 0.15) is 24.2 Å². The summed E-state index contributed by atoms with van der Waals surface area (Å²) in [7, 11) is 3.46. The monoisotopic (exact) mass is 810 g/mol. The number of likely N-dealkylation sites (N-methyl/N-ethyl adjacent to an activating group) is 1. The van der Waals surface area contributed by atoms with Crippen LogP contribution in [0.2, 0.25) is 5.02 Å². The Morgan fingerprint density at radius 1 is 1.05 bits per heavy atom. The number of aromatic nitrogens is 1. The zero-order valence-electron chi connectivity index (χ0n) is 30.2. The van der Waals surface area contributed by atoms with E-state index in [9.17, 15) is 29.7 Å². The van der Waals surface area contributed by atoms with Crippen LogP contribution in [-0.2, 0) is 26.4 Å². The summed E-state index contributed by atoms with van der Waals surface area (Å²) >= 11 is 9.16. The Balaban J connectivity index is 0.940. The molecule has 1 atom stereocenters. The fraction of sp³-hybridized carbons (Fsp3) is 0.359. The van der Waals surface area contributed by atoms with E-state index in [1.54, 1.807) is 48.5 Å². The zero-order valence-corrected chi connectivity index (χ0v) is 32.6. The summed E-state index contributed by atoms with van der Waals surface area (Å²) < 4.78 is 16.9. The van der Waals surface area contributed by atoms with Crippen LogP contribution < -0.4 is 20.9 Å². The van der Waals surface area contributed by atoms with Crippen molar-refractivity contribution < 1.29 is 39.1 Å². The molecule has 0 aliphatic heterocycles. The van der Waals surface area contributed by atoms with Crippen LogP contribution in [0, 0.1) is 0 Å². The number of methoxy groups -OCH3 is 1. The van der Waals surface area contributed by atoms with Crippen LogP contribution in [0.1, 0.15) is 52.7 Å². The SMILES string of the molecule is COc1cc(NC(=O)OCCN(C)C2CCC(OC(=O)C(O)(c3cccs3)c3cccs3)CC2)c(Cl)cc1CNC[C@@H](O)c1ccc(O)c2[nH]c(=O)ccc12. The molecule has 1 aliphatic carbocycles. The van der Waals surface area contributed by atoms with Gasteiger partial charge in [-0.1, -0.05) is 29.8 Å². The predicted molar refractivity (Wildman–Crippen MR) is 212 cm³/mol. The summed E-state index contributed by atoms with van der Waals surface area (Å²) in [6.07, 6.45) is 0.933. The number of nitrogens with zero attached hydrogens (tertiary/aromatic N) is 1. The summed E-state index contributed by atoms with van der Waals surface area (Å²) in [5.74, 6) is -0.291. The summed E-state index contributed by atoms with van der Waals surface area (Å²) in [5, 5.41) is 42.9. The fourth-order valence-electron chi connectivity index (χ4n) is 6.76. The Morgan fingerprint density at radius 3 is 2.42 bits per heavy atom. The average molecular weight is 811 g/mol. The van der Waals surface area contributed by atoms with Crippen LogP contribution in [0.15, 0.2) is 76.2 Å². The van der Waals surface area contributed by atoms with Gasteiger partial charge < -0.3 is 44.7 Å². The number of anilines is 1. The number of carbonyl (C=O) groups is 2. The van der Waals surface area contributed by atoms with Gasteiger partial charge in [0.25, 0.3) is 0 Å². The number of thiophene rings is 2. The van der Waals surface area contributed by atoms with Gasteiger partial charge >= 0.3 is 12.1 Å². The number of carbonyl (C=O) groups excluding carboxylic acids is 2. The first-order chi connectivity index (χ1) is 26.5. The van der Waals surface area contributed by atoms with E-state index in [0.29, 0.717) is 57.1 Å². The Bertz CT molecular complexity index is 2100. The maximum atomic E-state index is 13.3. The van der Waals surface area contributed by atoms with Gasteiger partial charge in [-0.3, -0.25) is 10.1 Å². The number of amides is 1. The molecule has 16 heteroatoms. The lowest BCUT2D eigenvalue weighted by atomic mass is 9.91. The number of aromatic hydroxyl groups is 1. The standard InChI is InChI=1S/C39H43ClN4O9S2/c1-44(24-7-9-25(10-8-24)53-37(48)39(50,33-5-3-17-54-33)34-6-4-18-55-34)15-16-52-38(49)42-29-20-32(51-2)23(19-28(29)40)21-41-22-31(46)26-11-13-30(45)36-27(26)12-14-35(47)43-36/h3-6,11-14,17-20,24-25,31,41,45-46,50H,7-10,15-16,21-22H2,1-2H3,(H,42,49)(H,43,47)/t24?,25?,31-/m1/s1. The Hall–Kier alpha value is -4.48. The van der Waals surface area contributed by atoms with Gasteiger partial charge in [0.2, 0.25) is 11.2 Å². The van der Waals surface area contributed by atoms with Crippen molar-refractivity contribution in [1.82, 2.24) is 15.2 Å². The molecule has 13 nitrogen and oxygen atoms in total. The quantitative estimate of drug-likeness (QED) is 0.0671. The number of esters is 1. The Morgan fingerprint density at radius 2 is 1.76 bits per heavy atom. The van der Waals surface area contributed by atoms with E-state index in [-0.39, 0.29) is 53.7 Å². The van der Waals surface area contributed by atoms with Crippen LogP contribution in [0.4, 0.5) is 10.5 Å². The summed E-state index contributed by atoms with van der Waals surface area (Å²) in [4.78, 5) is 43.6. The molecule has 0 bridgehead atoms. The van der Waals surface area contributed by atoms with Crippen LogP contribution in [-0.4, -0.2) is 83.3 Å². The summed E-state index contributed by atoms with van der Waals surface area (Å²) in [6.45, 7) is 1.05. The van der Waals surface area contributed by atoms with Crippen molar-refractivity contribution in [3.8, 4) is 11.5 Å². The molecule has 1 fully saturated rings. The van der Waals surface area contributed by atoms with Gasteiger partial charge in [-0.15, -0.1) is 22.7 Å². The number of ether oxygens (including phenoxy) is 3. The minimum Gasteiger partial charge on any atom is -0.506 e. The fourth-order valence-corrected chi connectivity index (χ4v) is 8.71. The van der Waals surface area contributed by atoms with Gasteiger partial charge in [-0.2, -0.15) is 0 Å². The number of pyridine rings is 1. The summed E-state index contributed by atoms with van der Waals surface area (Å²) in [5.41, 5.74) is -0.411. The molecule has 1 aliphatic rings. The number of phenols is 1. The van der Waals surface area contributed by atoms with Gasteiger partial charge in [0.05, 0.1) is 39.2 Å². The first kappa shape index (κ1) is 40.2. The number of hydrogen-bond acceptors (Lipinski definition) is 13. The van der Waals surface area contributed by atoms with E-state index in [1.165, 1.54) is 41.9 Å².